The van der Waals surface area contributed by atoms with Crippen LogP contribution in [-0.4, -0.2) is 23.3 Å². The van der Waals surface area contributed by atoms with Crippen molar-refractivity contribution in [2.45, 2.75) is 0 Å². The van der Waals surface area contributed by atoms with Gasteiger partial charge in [0.25, 0.3) is 0 Å². The number of pyridine rings is 1. The molecule has 0 aliphatic rings. The molecule has 0 bridgehead atoms. The number of anilines is 1. The predicted octanol–water partition coefficient (Wildman–Crippen LogP) is 2.21. The van der Waals surface area contributed by atoms with Crippen LogP contribution in [0, 0.1) is 0 Å². The van der Waals surface area contributed by atoms with Gasteiger partial charge in [0.05, 0.1) is 6.61 Å². The van der Waals surface area contributed by atoms with E-state index in [1.165, 1.54) is 0 Å². The highest BCUT2D eigenvalue weighted by molar-refractivity contribution is 5.69. The lowest BCUT2D eigenvalue weighted by molar-refractivity contribution is 0.196. The van der Waals surface area contributed by atoms with Crippen molar-refractivity contribution in [1.29, 1.82) is 0 Å². The van der Waals surface area contributed by atoms with E-state index in [9.17, 15) is 0 Å². The Kier molecular flexibility index (Phi) is 4.53. The fourth-order valence-electron chi connectivity index (χ4n) is 1.53. The van der Waals surface area contributed by atoms with Crippen LogP contribution in [0.5, 0.6) is 5.88 Å². The number of aliphatic hydroxyl groups excluding tert-OH is 1. The van der Waals surface area contributed by atoms with Crippen LogP contribution in [-0.2, 0) is 0 Å². The molecule has 2 rings (SSSR count). The van der Waals surface area contributed by atoms with Gasteiger partial charge in [-0.3, -0.25) is 0 Å². The van der Waals surface area contributed by atoms with Crippen molar-refractivity contribution in [2.24, 2.45) is 0 Å². The van der Waals surface area contributed by atoms with E-state index in [0.717, 1.165) is 16.8 Å². The van der Waals surface area contributed by atoms with Crippen LogP contribution < -0.4 is 10.5 Å². The van der Waals surface area contributed by atoms with E-state index < -0.39 is 0 Å². The van der Waals surface area contributed by atoms with Gasteiger partial charge in [-0.1, -0.05) is 24.3 Å². The normalized spacial score (nSPS) is 10.8. The first-order valence-electron chi connectivity index (χ1n) is 6.01. The average molecular weight is 256 g/mol. The largest absolute Gasteiger partial charge is 0.475 e. The average Bonchev–Trinajstić information content (AvgIpc) is 2.46. The number of nitrogen functional groups attached to an aromatic ring is 1. The van der Waals surface area contributed by atoms with E-state index in [1.54, 1.807) is 12.3 Å². The van der Waals surface area contributed by atoms with Crippen LogP contribution in [0.4, 0.5) is 5.69 Å². The molecule has 0 aliphatic heterocycles. The molecule has 0 atom stereocenters. The summed E-state index contributed by atoms with van der Waals surface area (Å²) < 4.78 is 5.19. The third-order valence-corrected chi connectivity index (χ3v) is 2.51. The minimum Gasteiger partial charge on any atom is -0.475 e. The van der Waals surface area contributed by atoms with Crippen molar-refractivity contribution in [2.75, 3.05) is 18.9 Å². The minimum absolute atomic E-state index is 0.0134. The SMILES string of the molecule is Nc1ccc(/C=C/c2ccc(OCCO)nc2)cc1. The summed E-state index contributed by atoms with van der Waals surface area (Å²) in [5.41, 5.74) is 8.44. The number of hydrogen-bond acceptors (Lipinski definition) is 4. The molecule has 4 nitrogen and oxygen atoms in total. The summed E-state index contributed by atoms with van der Waals surface area (Å²) in [4.78, 5) is 4.14. The summed E-state index contributed by atoms with van der Waals surface area (Å²) in [6, 6.07) is 11.3. The molecule has 0 aliphatic carbocycles. The third kappa shape index (κ3) is 4.12. The Balaban J connectivity index is 2.00. The molecule has 0 amide bonds. The lowest BCUT2D eigenvalue weighted by Crippen LogP contribution is -2.02. The van der Waals surface area contributed by atoms with E-state index in [-0.39, 0.29) is 13.2 Å². The molecule has 0 saturated heterocycles. The molecule has 0 spiro atoms. The van der Waals surface area contributed by atoms with E-state index in [4.69, 9.17) is 15.6 Å². The first kappa shape index (κ1) is 13.1. The zero-order chi connectivity index (χ0) is 13.5. The fourth-order valence-corrected chi connectivity index (χ4v) is 1.53. The van der Waals surface area contributed by atoms with Crippen molar-refractivity contribution in [3.05, 3.63) is 53.7 Å². The lowest BCUT2D eigenvalue weighted by atomic mass is 10.1. The molecular formula is C15H16N2O2. The van der Waals surface area contributed by atoms with Gasteiger partial charge in [0.2, 0.25) is 5.88 Å². The number of nitrogens with zero attached hydrogens (tertiary/aromatic N) is 1. The number of rotatable bonds is 5. The maximum absolute atomic E-state index is 8.64. The van der Waals surface area contributed by atoms with E-state index in [2.05, 4.69) is 4.98 Å². The van der Waals surface area contributed by atoms with Gasteiger partial charge in [0, 0.05) is 18.0 Å². The van der Waals surface area contributed by atoms with Crippen LogP contribution in [0.3, 0.4) is 0 Å². The van der Waals surface area contributed by atoms with Crippen LogP contribution in [0.25, 0.3) is 12.2 Å². The maximum Gasteiger partial charge on any atom is 0.213 e. The number of benzene rings is 1. The van der Waals surface area contributed by atoms with Crippen LogP contribution in [0.2, 0.25) is 0 Å². The molecule has 3 N–H and O–H groups in total. The van der Waals surface area contributed by atoms with Crippen molar-refractivity contribution in [1.82, 2.24) is 4.98 Å². The quantitative estimate of drug-likeness (QED) is 0.805. The first-order chi connectivity index (χ1) is 9.28. The Bertz CT molecular complexity index is 533. The molecule has 19 heavy (non-hydrogen) atoms. The smallest absolute Gasteiger partial charge is 0.213 e. The Morgan fingerprint density at radius 2 is 1.74 bits per heavy atom. The van der Waals surface area contributed by atoms with E-state index in [0.29, 0.717) is 5.88 Å². The molecule has 0 unspecified atom stereocenters. The van der Waals surface area contributed by atoms with Crippen molar-refractivity contribution in [3.8, 4) is 5.88 Å². The molecule has 1 aromatic heterocycles. The minimum atomic E-state index is -0.0134. The molecule has 1 aromatic carbocycles. The van der Waals surface area contributed by atoms with Gasteiger partial charge in [-0.15, -0.1) is 0 Å². The van der Waals surface area contributed by atoms with Gasteiger partial charge >= 0.3 is 0 Å². The molecule has 1 heterocycles. The van der Waals surface area contributed by atoms with Gasteiger partial charge in [-0.25, -0.2) is 4.98 Å². The van der Waals surface area contributed by atoms with Crippen molar-refractivity contribution in [3.63, 3.8) is 0 Å². The predicted molar refractivity (Wildman–Crippen MR) is 76.6 cm³/mol. The summed E-state index contributed by atoms with van der Waals surface area (Å²) in [6.07, 6.45) is 5.68. The van der Waals surface area contributed by atoms with Crippen molar-refractivity contribution < 1.29 is 9.84 Å². The highest BCUT2D eigenvalue weighted by atomic mass is 16.5. The van der Waals surface area contributed by atoms with Gasteiger partial charge in [0.1, 0.15) is 6.61 Å². The van der Waals surface area contributed by atoms with Gasteiger partial charge in [-0.05, 0) is 29.3 Å². The standard InChI is InChI=1S/C15H16N2O2/c16-14-6-3-12(4-7-14)1-2-13-5-8-15(17-11-13)19-10-9-18/h1-8,11,18H,9-10,16H2/b2-1+. The van der Waals surface area contributed by atoms with Gasteiger partial charge < -0.3 is 15.6 Å². The van der Waals surface area contributed by atoms with Gasteiger partial charge in [0.15, 0.2) is 0 Å². The monoisotopic (exact) mass is 256 g/mol. The third-order valence-electron chi connectivity index (χ3n) is 2.51. The fraction of sp³-hybridized carbons (Fsp3) is 0.133. The highest BCUT2D eigenvalue weighted by Gasteiger charge is 1.94. The summed E-state index contributed by atoms with van der Waals surface area (Å²) >= 11 is 0. The van der Waals surface area contributed by atoms with Crippen LogP contribution in [0.15, 0.2) is 42.6 Å². The van der Waals surface area contributed by atoms with Crippen LogP contribution >= 0.6 is 0 Å². The Morgan fingerprint density at radius 3 is 2.37 bits per heavy atom. The number of aliphatic hydroxyl groups is 1. The van der Waals surface area contributed by atoms with E-state index in [1.807, 2.05) is 42.5 Å². The van der Waals surface area contributed by atoms with Gasteiger partial charge in [-0.2, -0.15) is 0 Å². The topological polar surface area (TPSA) is 68.4 Å². The van der Waals surface area contributed by atoms with Crippen LogP contribution in [0.1, 0.15) is 11.1 Å². The molecule has 0 saturated carbocycles. The maximum atomic E-state index is 8.64. The molecular weight excluding hydrogens is 240 g/mol. The molecule has 4 heteroatoms. The zero-order valence-corrected chi connectivity index (χ0v) is 10.5. The molecule has 2 aromatic rings. The summed E-state index contributed by atoms with van der Waals surface area (Å²) in [5, 5.41) is 8.64. The molecule has 0 fully saturated rings. The number of aromatic nitrogens is 1. The lowest BCUT2D eigenvalue weighted by Gasteiger charge is -2.02. The Labute approximate surface area is 112 Å². The molecule has 0 radical (unpaired) electrons. The first-order valence-corrected chi connectivity index (χ1v) is 6.01. The summed E-state index contributed by atoms with van der Waals surface area (Å²) in [7, 11) is 0. The Hall–Kier alpha value is -2.33. The second-order valence-electron chi connectivity index (χ2n) is 4.00. The number of ether oxygens (including phenoxy) is 1. The van der Waals surface area contributed by atoms with Crippen molar-refractivity contribution >= 4 is 17.8 Å². The summed E-state index contributed by atoms with van der Waals surface area (Å²) in [6.45, 7) is 0.244. The van der Waals surface area contributed by atoms with E-state index >= 15 is 0 Å². The zero-order valence-electron chi connectivity index (χ0n) is 10.5. The number of hydrogen-bond donors (Lipinski definition) is 2. The second kappa shape index (κ2) is 6.56. The highest BCUT2D eigenvalue weighted by Crippen LogP contribution is 2.12. The molecule has 98 valence electrons. The Morgan fingerprint density at radius 1 is 1.05 bits per heavy atom. The number of nitrogens with two attached hydrogens (primary N) is 1. The summed E-state index contributed by atoms with van der Waals surface area (Å²) in [5.74, 6) is 0.513. The second-order valence-corrected chi connectivity index (χ2v) is 4.00.